The van der Waals surface area contributed by atoms with Crippen LogP contribution in [0, 0.1) is 35.5 Å². The lowest BCUT2D eigenvalue weighted by Crippen LogP contribution is -2.40. The number of rotatable bonds is 3. The molecule has 1 aromatic carbocycles. The zero-order valence-electron chi connectivity index (χ0n) is 14.7. The third kappa shape index (κ3) is 2.17. The Morgan fingerprint density at radius 3 is 2.27 bits per heavy atom. The van der Waals surface area contributed by atoms with Gasteiger partial charge in [0, 0.05) is 18.6 Å². The standard InChI is InChI=1S/C20H20BrN3O2/c1-23(2)16-6-3-10(7-15(16)21)9-22-24-19(25)17-11-4-5-12(14-8-13(11)14)18(17)20(24)26/h3-7,9,11-14,17-18H,8H2,1-2H3/b22-9-/t11-,12-,13-,14-,17+,18+/m1/s1. The molecule has 5 aliphatic rings. The van der Waals surface area contributed by atoms with Gasteiger partial charge in [0.25, 0.3) is 11.8 Å². The van der Waals surface area contributed by atoms with E-state index in [4.69, 9.17) is 0 Å². The lowest BCUT2D eigenvalue weighted by Gasteiger charge is -2.37. The Kier molecular flexibility index (Phi) is 3.45. The number of amides is 2. The fourth-order valence-electron chi connectivity index (χ4n) is 5.15. The largest absolute Gasteiger partial charge is 0.377 e. The molecule has 0 unspecified atom stereocenters. The highest BCUT2D eigenvalue weighted by Crippen LogP contribution is 2.65. The van der Waals surface area contributed by atoms with Gasteiger partial charge in [-0.1, -0.05) is 18.2 Å². The Balaban J connectivity index is 1.40. The van der Waals surface area contributed by atoms with Gasteiger partial charge in [-0.15, -0.1) is 0 Å². The number of halogens is 1. The monoisotopic (exact) mass is 413 g/mol. The highest BCUT2D eigenvalue weighted by Gasteiger charge is 2.67. The molecule has 134 valence electrons. The van der Waals surface area contributed by atoms with Crippen LogP contribution in [0.3, 0.4) is 0 Å². The summed E-state index contributed by atoms with van der Waals surface area (Å²) in [5.41, 5.74) is 1.91. The molecule has 2 bridgehead atoms. The molecular weight excluding hydrogens is 394 g/mol. The van der Waals surface area contributed by atoms with E-state index in [9.17, 15) is 9.59 Å². The smallest absolute Gasteiger partial charge is 0.254 e. The highest BCUT2D eigenvalue weighted by molar-refractivity contribution is 9.10. The van der Waals surface area contributed by atoms with Crippen LogP contribution in [0.1, 0.15) is 12.0 Å². The normalized spacial score (nSPS) is 36.7. The number of carbonyl (C=O) groups is 2. The minimum absolute atomic E-state index is 0.120. The number of imide groups is 1. The maximum Gasteiger partial charge on any atom is 0.254 e. The molecule has 1 aliphatic heterocycles. The molecule has 3 fully saturated rings. The van der Waals surface area contributed by atoms with Crippen LogP contribution in [-0.2, 0) is 9.59 Å². The van der Waals surface area contributed by atoms with E-state index in [0.29, 0.717) is 11.8 Å². The number of carbonyl (C=O) groups excluding carboxylic acids is 2. The molecule has 1 aromatic rings. The second-order valence-corrected chi connectivity index (χ2v) is 8.85. The summed E-state index contributed by atoms with van der Waals surface area (Å²) in [7, 11) is 3.95. The molecule has 26 heavy (non-hydrogen) atoms. The molecule has 0 aromatic heterocycles. The molecule has 6 atom stereocenters. The maximum atomic E-state index is 12.9. The van der Waals surface area contributed by atoms with Crippen molar-refractivity contribution in [1.82, 2.24) is 5.01 Å². The topological polar surface area (TPSA) is 53.0 Å². The van der Waals surface area contributed by atoms with Crippen molar-refractivity contribution in [2.24, 2.45) is 40.6 Å². The van der Waals surface area contributed by atoms with Crippen molar-refractivity contribution in [3.05, 3.63) is 40.4 Å². The van der Waals surface area contributed by atoms with E-state index < -0.39 is 0 Å². The summed E-state index contributed by atoms with van der Waals surface area (Å²) >= 11 is 3.55. The second-order valence-electron chi connectivity index (χ2n) is 7.99. The van der Waals surface area contributed by atoms with E-state index in [1.54, 1.807) is 6.21 Å². The minimum Gasteiger partial charge on any atom is -0.377 e. The van der Waals surface area contributed by atoms with Crippen LogP contribution >= 0.6 is 15.9 Å². The molecule has 1 saturated heterocycles. The third-order valence-corrected chi connectivity index (χ3v) is 7.05. The average Bonchev–Trinajstić information content (AvgIpc) is 3.39. The highest BCUT2D eigenvalue weighted by atomic mass is 79.9. The third-order valence-electron chi connectivity index (χ3n) is 6.42. The van der Waals surface area contributed by atoms with E-state index in [1.165, 1.54) is 6.42 Å². The van der Waals surface area contributed by atoms with Crippen molar-refractivity contribution in [3.8, 4) is 0 Å². The van der Waals surface area contributed by atoms with Crippen LogP contribution < -0.4 is 4.90 Å². The first-order chi connectivity index (χ1) is 12.5. The van der Waals surface area contributed by atoms with E-state index in [1.807, 2.05) is 37.2 Å². The fourth-order valence-corrected chi connectivity index (χ4v) is 5.90. The molecular formula is C20H20BrN3O2. The van der Waals surface area contributed by atoms with Gasteiger partial charge in [0.05, 0.1) is 23.7 Å². The first-order valence-corrected chi connectivity index (χ1v) is 9.83. The molecule has 4 aliphatic carbocycles. The minimum atomic E-state index is -0.193. The van der Waals surface area contributed by atoms with E-state index in [0.717, 1.165) is 20.7 Å². The Morgan fingerprint density at radius 1 is 1.12 bits per heavy atom. The zero-order chi connectivity index (χ0) is 18.2. The van der Waals surface area contributed by atoms with Gasteiger partial charge >= 0.3 is 0 Å². The summed E-state index contributed by atoms with van der Waals surface area (Å²) in [6, 6.07) is 5.86. The quantitative estimate of drug-likeness (QED) is 0.434. The second kappa shape index (κ2) is 5.52. The van der Waals surface area contributed by atoms with E-state index in [2.05, 4.69) is 33.2 Å². The molecule has 2 saturated carbocycles. The van der Waals surface area contributed by atoms with Crippen molar-refractivity contribution in [2.45, 2.75) is 6.42 Å². The molecule has 6 rings (SSSR count). The van der Waals surface area contributed by atoms with Gasteiger partial charge in [-0.2, -0.15) is 10.1 Å². The van der Waals surface area contributed by atoms with Gasteiger partial charge < -0.3 is 4.90 Å². The van der Waals surface area contributed by atoms with Gasteiger partial charge in [0.1, 0.15) is 0 Å². The Labute approximate surface area is 160 Å². The van der Waals surface area contributed by atoms with Gasteiger partial charge in [-0.3, -0.25) is 9.59 Å². The molecule has 6 heteroatoms. The summed E-state index contributed by atoms with van der Waals surface area (Å²) in [4.78, 5) is 27.8. The lowest BCUT2D eigenvalue weighted by atomic mass is 9.63. The predicted octanol–water partition coefficient (Wildman–Crippen LogP) is 2.90. The predicted molar refractivity (Wildman–Crippen MR) is 103 cm³/mol. The average molecular weight is 414 g/mol. The SMILES string of the molecule is CN(C)c1ccc(/C=N\N2C(=O)[C@H]3[C@@H]4C=C[C@H]([C@H]5C[C@H]45)[C@@H]3C2=O)cc1Br. The fraction of sp³-hybridized carbons (Fsp3) is 0.450. The molecule has 0 N–H and O–H groups in total. The molecule has 0 radical (unpaired) electrons. The molecule has 1 heterocycles. The number of benzene rings is 1. The summed E-state index contributed by atoms with van der Waals surface area (Å²) in [6.45, 7) is 0. The Hall–Kier alpha value is -1.95. The van der Waals surface area contributed by atoms with Gasteiger partial charge in [0.2, 0.25) is 0 Å². The number of anilines is 1. The zero-order valence-corrected chi connectivity index (χ0v) is 16.3. The summed E-state index contributed by atoms with van der Waals surface area (Å²) in [6.07, 6.45) is 7.13. The van der Waals surface area contributed by atoms with E-state index >= 15 is 0 Å². The summed E-state index contributed by atoms with van der Waals surface area (Å²) in [5, 5.41) is 5.40. The van der Waals surface area contributed by atoms with Crippen LogP contribution in [0.25, 0.3) is 0 Å². The van der Waals surface area contributed by atoms with Crippen molar-refractivity contribution < 1.29 is 9.59 Å². The summed E-state index contributed by atoms with van der Waals surface area (Å²) < 4.78 is 0.946. The Bertz CT molecular complexity index is 842. The molecule has 5 nitrogen and oxygen atoms in total. The van der Waals surface area contributed by atoms with Crippen molar-refractivity contribution in [2.75, 3.05) is 19.0 Å². The number of hydrazone groups is 1. The molecule has 0 spiro atoms. The van der Waals surface area contributed by atoms with E-state index in [-0.39, 0.29) is 35.5 Å². The van der Waals surface area contributed by atoms with Crippen LogP contribution in [0.5, 0.6) is 0 Å². The van der Waals surface area contributed by atoms with Crippen LogP contribution in [0.4, 0.5) is 5.69 Å². The van der Waals surface area contributed by atoms with Gasteiger partial charge in [0.15, 0.2) is 0 Å². The number of allylic oxidation sites excluding steroid dienone is 2. The van der Waals surface area contributed by atoms with Gasteiger partial charge in [-0.25, -0.2) is 0 Å². The van der Waals surface area contributed by atoms with Crippen molar-refractivity contribution >= 4 is 39.6 Å². The first kappa shape index (κ1) is 16.2. The maximum absolute atomic E-state index is 12.9. The van der Waals surface area contributed by atoms with Crippen molar-refractivity contribution in [1.29, 1.82) is 0 Å². The van der Waals surface area contributed by atoms with Crippen LogP contribution in [0.15, 0.2) is 39.9 Å². The number of hydrogen-bond donors (Lipinski definition) is 0. The number of nitrogens with zero attached hydrogens (tertiary/aromatic N) is 3. The first-order valence-electron chi connectivity index (χ1n) is 9.04. The lowest BCUT2D eigenvalue weighted by molar-refractivity contribution is -0.140. The number of hydrogen-bond acceptors (Lipinski definition) is 4. The van der Waals surface area contributed by atoms with Crippen LogP contribution in [0.2, 0.25) is 0 Å². The van der Waals surface area contributed by atoms with Gasteiger partial charge in [-0.05, 0) is 63.7 Å². The summed E-state index contributed by atoms with van der Waals surface area (Å²) in [5.74, 6) is 1.07. The Morgan fingerprint density at radius 2 is 1.73 bits per heavy atom. The van der Waals surface area contributed by atoms with Crippen molar-refractivity contribution in [3.63, 3.8) is 0 Å². The van der Waals surface area contributed by atoms with Crippen LogP contribution in [-0.4, -0.2) is 37.1 Å². The molecule has 2 amide bonds.